The van der Waals surface area contributed by atoms with Gasteiger partial charge in [0.15, 0.2) is 0 Å². The zero-order valence-electron chi connectivity index (χ0n) is 20.5. The Kier molecular flexibility index (Phi) is 20.7. The molecule has 0 rings (SSSR count). The highest BCUT2D eigenvalue weighted by Gasteiger charge is 2.15. The first-order valence-corrected chi connectivity index (χ1v) is 12.1. The summed E-state index contributed by atoms with van der Waals surface area (Å²) in [7, 11) is 0. The number of ether oxygens (including phenoxy) is 1. The Balaban J connectivity index is 3.96. The standard InChI is InChI=1S/C28H43NO4/c1-3-5-6-7-11-14-17-20-25(4-2)21-18-15-12-9-8-10-13-16-19-22-28(32)33-26(24-29)23-27(30)31/h5-6,8-9,11,13-16,18,20,26H,3-4,7,10,12,17,19,21-24,29H2,1-2H3,(H,30,31)/b6-5-,9-8-,14-11-,16-13-,18-15-,25-20-/t26-/m1/s1. The predicted molar refractivity (Wildman–Crippen MR) is 138 cm³/mol. The minimum absolute atomic E-state index is 0.0116. The molecule has 0 saturated carbocycles. The number of hydrogen-bond donors (Lipinski definition) is 2. The maximum atomic E-state index is 11.7. The van der Waals surface area contributed by atoms with Crippen LogP contribution in [-0.2, 0) is 14.3 Å². The fourth-order valence-electron chi connectivity index (χ4n) is 2.85. The van der Waals surface area contributed by atoms with E-state index < -0.39 is 18.0 Å². The van der Waals surface area contributed by atoms with Crippen molar-refractivity contribution < 1.29 is 19.4 Å². The highest BCUT2D eigenvalue weighted by molar-refractivity contribution is 5.71. The molecular formula is C28H43NO4. The quantitative estimate of drug-likeness (QED) is 0.169. The molecule has 0 aliphatic rings. The highest BCUT2D eigenvalue weighted by atomic mass is 16.5. The van der Waals surface area contributed by atoms with E-state index in [0.29, 0.717) is 6.42 Å². The van der Waals surface area contributed by atoms with Gasteiger partial charge in [0.05, 0.1) is 6.42 Å². The zero-order chi connectivity index (χ0) is 24.6. The van der Waals surface area contributed by atoms with Crippen LogP contribution in [-0.4, -0.2) is 29.7 Å². The molecule has 0 aromatic rings. The average Bonchev–Trinajstić information content (AvgIpc) is 2.79. The van der Waals surface area contributed by atoms with Crippen LogP contribution >= 0.6 is 0 Å². The van der Waals surface area contributed by atoms with Gasteiger partial charge in [-0.15, -0.1) is 0 Å². The summed E-state index contributed by atoms with van der Waals surface area (Å²) < 4.78 is 5.05. The molecule has 0 aliphatic carbocycles. The lowest BCUT2D eigenvalue weighted by molar-refractivity contribution is -0.152. The summed E-state index contributed by atoms with van der Waals surface area (Å²) in [5.41, 5.74) is 6.88. The fraction of sp³-hybridized carbons (Fsp3) is 0.500. The van der Waals surface area contributed by atoms with E-state index in [0.717, 1.165) is 44.9 Å². The van der Waals surface area contributed by atoms with Crippen LogP contribution in [0.4, 0.5) is 0 Å². The zero-order valence-corrected chi connectivity index (χ0v) is 20.5. The molecule has 0 heterocycles. The predicted octanol–water partition coefficient (Wildman–Crippen LogP) is 6.59. The molecule has 0 amide bonds. The summed E-state index contributed by atoms with van der Waals surface area (Å²) in [6.07, 6.45) is 30.4. The van der Waals surface area contributed by atoms with E-state index >= 15 is 0 Å². The van der Waals surface area contributed by atoms with E-state index in [1.807, 2.05) is 12.2 Å². The molecule has 184 valence electrons. The van der Waals surface area contributed by atoms with Crippen LogP contribution in [0.5, 0.6) is 0 Å². The minimum Gasteiger partial charge on any atom is -0.481 e. The number of rotatable bonds is 19. The number of esters is 1. The van der Waals surface area contributed by atoms with Crippen LogP contribution < -0.4 is 5.73 Å². The molecule has 1 atom stereocenters. The molecule has 0 aromatic carbocycles. The highest BCUT2D eigenvalue weighted by Crippen LogP contribution is 2.10. The Hall–Kier alpha value is -2.66. The van der Waals surface area contributed by atoms with Crippen molar-refractivity contribution in [2.75, 3.05) is 6.54 Å². The molecule has 0 aromatic heterocycles. The van der Waals surface area contributed by atoms with Crippen molar-refractivity contribution in [1.82, 2.24) is 0 Å². The molecular weight excluding hydrogens is 414 g/mol. The summed E-state index contributed by atoms with van der Waals surface area (Å²) >= 11 is 0. The average molecular weight is 458 g/mol. The molecule has 0 fully saturated rings. The van der Waals surface area contributed by atoms with Gasteiger partial charge in [0, 0.05) is 13.0 Å². The van der Waals surface area contributed by atoms with Crippen molar-refractivity contribution in [1.29, 1.82) is 0 Å². The molecule has 33 heavy (non-hydrogen) atoms. The lowest BCUT2D eigenvalue weighted by Gasteiger charge is -2.13. The van der Waals surface area contributed by atoms with E-state index in [1.54, 1.807) is 0 Å². The number of carbonyl (C=O) groups excluding carboxylic acids is 1. The van der Waals surface area contributed by atoms with Crippen LogP contribution in [0.1, 0.15) is 78.1 Å². The van der Waals surface area contributed by atoms with Crippen LogP contribution in [0.3, 0.4) is 0 Å². The third kappa shape index (κ3) is 21.0. The van der Waals surface area contributed by atoms with Crippen LogP contribution in [0, 0.1) is 0 Å². The van der Waals surface area contributed by atoms with Crippen molar-refractivity contribution in [2.45, 2.75) is 84.2 Å². The first-order valence-electron chi connectivity index (χ1n) is 12.1. The first kappa shape index (κ1) is 30.3. The van der Waals surface area contributed by atoms with Crippen molar-refractivity contribution in [2.24, 2.45) is 5.73 Å². The van der Waals surface area contributed by atoms with Crippen molar-refractivity contribution >= 4 is 11.9 Å². The summed E-state index contributed by atoms with van der Waals surface area (Å²) in [4.78, 5) is 22.3. The van der Waals surface area contributed by atoms with Gasteiger partial charge >= 0.3 is 11.9 Å². The van der Waals surface area contributed by atoms with E-state index in [1.165, 1.54) is 5.57 Å². The molecule has 0 aliphatic heterocycles. The van der Waals surface area contributed by atoms with Gasteiger partial charge in [-0.1, -0.05) is 86.3 Å². The first-order chi connectivity index (χ1) is 16.0. The third-order valence-electron chi connectivity index (χ3n) is 4.74. The van der Waals surface area contributed by atoms with E-state index in [-0.39, 0.29) is 19.4 Å². The lowest BCUT2D eigenvalue weighted by Crippen LogP contribution is -2.29. The fourth-order valence-corrected chi connectivity index (χ4v) is 2.85. The normalized spacial score (nSPS) is 13.8. The number of hydrogen-bond acceptors (Lipinski definition) is 4. The third-order valence-corrected chi connectivity index (χ3v) is 4.74. The Labute approximate surface area is 200 Å². The molecule has 0 radical (unpaired) electrons. The number of carboxylic acids is 1. The number of carboxylic acid groups (broad SMARTS) is 1. The smallest absolute Gasteiger partial charge is 0.307 e. The minimum atomic E-state index is -1.03. The van der Waals surface area contributed by atoms with Gasteiger partial charge in [0.2, 0.25) is 0 Å². The van der Waals surface area contributed by atoms with E-state index in [4.69, 9.17) is 15.6 Å². The van der Waals surface area contributed by atoms with Crippen LogP contribution in [0.2, 0.25) is 0 Å². The Morgan fingerprint density at radius 1 is 0.848 bits per heavy atom. The van der Waals surface area contributed by atoms with Gasteiger partial charge in [-0.05, 0) is 51.4 Å². The SMILES string of the molecule is CC/C=C\C/C=C\C/C=C(/CC)C/C=C\C/C=C\C/C=C\CCC(=O)O[C@@H](CN)CC(=O)O. The summed E-state index contributed by atoms with van der Waals surface area (Å²) in [6.45, 7) is 4.36. The second kappa shape index (κ2) is 22.5. The van der Waals surface area contributed by atoms with E-state index in [9.17, 15) is 9.59 Å². The van der Waals surface area contributed by atoms with Crippen molar-refractivity contribution in [3.63, 3.8) is 0 Å². The summed E-state index contributed by atoms with van der Waals surface area (Å²) in [5.74, 6) is -1.45. The Morgan fingerprint density at radius 3 is 2.00 bits per heavy atom. The second-order valence-electron chi connectivity index (χ2n) is 7.61. The number of nitrogens with two attached hydrogens (primary N) is 1. The van der Waals surface area contributed by atoms with Gasteiger partial charge in [0.25, 0.3) is 0 Å². The number of carbonyl (C=O) groups is 2. The van der Waals surface area contributed by atoms with Crippen LogP contribution in [0.25, 0.3) is 0 Å². The molecule has 3 N–H and O–H groups in total. The van der Waals surface area contributed by atoms with E-state index in [2.05, 4.69) is 68.5 Å². The van der Waals surface area contributed by atoms with Gasteiger partial charge in [-0.3, -0.25) is 9.59 Å². The Bertz CT molecular complexity index is 699. The topological polar surface area (TPSA) is 89.6 Å². The molecule has 0 bridgehead atoms. The number of allylic oxidation sites excluding steroid dienone is 12. The van der Waals surface area contributed by atoms with Gasteiger partial charge in [0.1, 0.15) is 6.10 Å². The molecule has 0 spiro atoms. The molecule has 0 saturated heterocycles. The molecule has 5 heteroatoms. The maximum absolute atomic E-state index is 11.7. The maximum Gasteiger partial charge on any atom is 0.307 e. The monoisotopic (exact) mass is 457 g/mol. The number of aliphatic carboxylic acids is 1. The van der Waals surface area contributed by atoms with Gasteiger partial charge in [-0.2, -0.15) is 0 Å². The Morgan fingerprint density at radius 2 is 1.42 bits per heavy atom. The van der Waals surface area contributed by atoms with Gasteiger partial charge < -0.3 is 15.6 Å². The molecule has 5 nitrogen and oxygen atoms in total. The largest absolute Gasteiger partial charge is 0.481 e. The lowest BCUT2D eigenvalue weighted by atomic mass is 10.1. The molecule has 0 unspecified atom stereocenters. The summed E-state index contributed by atoms with van der Waals surface area (Å²) in [6, 6.07) is 0. The van der Waals surface area contributed by atoms with Crippen molar-refractivity contribution in [3.8, 4) is 0 Å². The summed E-state index contributed by atoms with van der Waals surface area (Å²) in [5, 5.41) is 8.72. The van der Waals surface area contributed by atoms with Crippen LogP contribution in [0.15, 0.2) is 72.4 Å². The van der Waals surface area contributed by atoms with Gasteiger partial charge in [-0.25, -0.2) is 0 Å². The van der Waals surface area contributed by atoms with Crippen molar-refractivity contribution in [3.05, 3.63) is 72.4 Å². The second-order valence-corrected chi connectivity index (χ2v) is 7.61.